The van der Waals surface area contributed by atoms with Crippen LogP contribution in [0.5, 0.6) is 11.6 Å². The van der Waals surface area contributed by atoms with Crippen LogP contribution in [0.25, 0.3) is 0 Å². The van der Waals surface area contributed by atoms with Gasteiger partial charge in [-0.25, -0.2) is 9.97 Å². The van der Waals surface area contributed by atoms with E-state index in [-0.39, 0.29) is 0 Å². The average molecular weight is 306 g/mol. The maximum atomic E-state index is 6.04. The van der Waals surface area contributed by atoms with E-state index in [1.807, 2.05) is 32.0 Å². The quantitative estimate of drug-likeness (QED) is 0.846. The number of ether oxygens (including phenoxy) is 1. The van der Waals surface area contributed by atoms with Gasteiger partial charge in [-0.1, -0.05) is 31.0 Å². The Hall–Kier alpha value is -1.81. The molecule has 0 saturated heterocycles. The number of hydrogen-bond acceptors (Lipinski definition) is 4. The first-order valence-electron chi connectivity index (χ1n) is 7.17. The third-order valence-corrected chi connectivity index (χ3v) is 3.34. The molecule has 1 N–H and O–H groups in total. The van der Waals surface area contributed by atoms with Crippen molar-refractivity contribution in [1.82, 2.24) is 9.97 Å². The maximum Gasteiger partial charge on any atom is 0.227 e. The summed E-state index contributed by atoms with van der Waals surface area (Å²) in [7, 11) is 0. The molecule has 0 bridgehead atoms. The number of benzene rings is 1. The Balaban J connectivity index is 2.38. The highest BCUT2D eigenvalue weighted by Crippen LogP contribution is 2.31. The van der Waals surface area contributed by atoms with E-state index in [4.69, 9.17) is 16.3 Å². The highest BCUT2D eigenvalue weighted by molar-refractivity contribution is 6.30. The number of rotatable bonds is 6. The van der Waals surface area contributed by atoms with E-state index < -0.39 is 0 Å². The molecule has 1 heterocycles. The summed E-state index contributed by atoms with van der Waals surface area (Å²) in [6.07, 6.45) is 3.38. The van der Waals surface area contributed by atoms with Gasteiger partial charge in [0.15, 0.2) is 0 Å². The molecule has 0 aliphatic rings. The number of aryl methyl sites for hydroxylation is 1. The predicted octanol–water partition coefficient (Wildman–Crippen LogP) is 4.62. The Kier molecular flexibility index (Phi) is 5.39. The lowest BCUT2D eigenvalue weighted by Crippen LogP contribution is -2.06. The zero-order chi connectivity index (χ0) is 15.2. The molecule has 1 aromatic carbocycles. The first-order chi connectivity index (χ1) is 10.2. The number of nitrogens with one attached hydrogen (secondary N) is 1. The molecule has 0 fully saturated rings. The summed E-state index contributed by atoms with van der Waals surface area (Å²) in [4.78, 5) is 8.59. The van der Waals surface area contributed by atoms with E-state index in [1.165, 1.54) is 6.33 Å². The fourth-order valence-corrected chi connectivity index (χ4v) is 2.23. The van der Waals surface area contributed by atoms with E-state index in [0.717, 1.165) is 42.1 Å². The number of aromatic nitrogens is 2. The Morgan fingerprint density at radius 3 is 2.76 bits per heavy atom. The molecule has 2 aromatic rings. The largest absolute Gasteiger partial charge is 0.438 e. The molecule has 0 radical (unpaired) electrons. The van der Waals surface area contributed by atoms with Crippen molar-refractivity contribution < 1.29 is 4.74 Å². The van der Waals surface area contributed by atoms with Crippen molar-refractivity contribution in [1.29, 1.82) is 0 Å². The fourth-order valence-electron chi connectivity index (χ4n) is 2.07. The number of anilines is 1. The van der Waals surface area contributed by atoms with Crippen molar-refractivity contribution in [2.75, 3.05) is 11.9 Å². The third kappa shape index (κ3) is 3.85. The molecular formula is C16H20ClN3O. The Morgan fingerprint density at radius 2 is 2.05 bits per heavy atom. The monoisotopic (exact) mass is 305 g/mol. The Labute approximate surface area is 130 Å². The second-order valence-corrected chi connectivity index (χ2v) is 5.23. The topological polar surface area (TPSA) is 47.0 Å². The van der Waals surface area contributed by atoms with Crippen molar-refractivity contribution in [2.45, 2.75) is 33.6 Å². The predicted molar refractivity (Wildman–Crippen MR) is 86.5 cm³/mol. The highest BCUT2D eigenvalue weighted by atomic mass is 35.5. The normalized spacial score (nSPS) is 10.5. The second-order valence-electron chi connectivity index (χ2n) is 4.80. The molecule has 112 valence electrons. The molecule has 1 aromatic heterocycles. The summed E-state index contributed by atoms with van der Waals surface area (Å²) < 4.78 is 5.99. The van der Waals surface area contributed by atoms with Gasteiger partial charge in [-0.2, -0.15) is 0 Å². The standard InChI is InChI=1S/C16H20ClN3O/c1-4-6-13-15(18-5-2)19-10-20-16(13)21-14-9-12(17)8-7-11(14)3/h7-10H,4-6H2,1-3H3,(H,18,19,20). The van der Waals surface area contributed by atoms with Crippen LogP contribution in [-0.4, -0.2) is 16.5 Å². The Bertz CT molecular complexity index is 616. The minimum Gasteiger partial charge on any atom is -0.438 e. The highest BCUT2D eigenvalue weighted by Gasteiger charge is 2.13. The molecule has 5 heteroatoms. The van der Waals surface area contributed by atoms with Crippen LogP contribution >= 0.6 is 11.6 Å². The third-order valence-electron chi connectivity index (χ3n) is 3.11. The van der Waals surface area contributed by atoms with Crippen molar-refractivity contribution in [2.24, 2.45) is 0 Å². The number of hydrogen-bond donors (Lipinski definition) is 1. The minimum atomic E-state index is 0.591. The van der Waals surface area contributed by atoms with Crippen LogP contribution in [-0.2, 0) is 6.42 Å². The molecular weight excluding hydrogens is 286 g/mol. The SMILES string of the molecule is CCCc1c(NCC)ncnc1Oc1cc(Cl)ccc1C. The van der Waals surface area contributed by atoms with Gasteiger partial charge in [0.05, 0.1) is 5.56 Å². The minimum absolute atomic E-state index is 0.591. The van der Waals surface area contributed by atoms with Crippen LogP contribution in [0.3, 0.4) is 0 Å². The summed E-state index contributed by atoms with van der Waals surface area (Å²) in [5.74, 6) is 2.15. The first kappa shape index (κ1) is 15.6. The van der Waals surface area contributed by atoms with Crippen LogP contribution < -0.4 is 10.1 Å². The second kappa shape index (κ2) is 7.27. The Morgan fingerprint density at radius 1 is 1.24 bits per heavy atom. The smallest absolute Gasteiger partial charge is 0.227 e. The van der Waals surface area contributed by atoms with Crippen LogP contribution in [0.15, 0.2) is 24.5 Å². The van der Waals surface area contributed by atoms with Gasteiger partial charge in [0, 0.05) is 11.6 Å². The van der Waals surface area contributed by atoms with E-state index in [2.05, 4.69) is 22.2 Å². The average Bonchev–Trinajstić information content (AvgIpc) is 2.46. The van der Waals surface area contributed by atoms with E-state index in [0.29, 0.717) is 10.9 Å². The summed E-state index contributed by atoms with van der Waals surface area (Å²) in [5, 5.41) is 3.90. The summed E-state index contributed by atoms with van der Waals surface area (Å²) in [5.41, 5.74) is 2.02. The van der Waals surface area contributed by atoms with Gasteiger partial charge in [0.2, 0.25) is 5.88 Å². The zero-order valence-corrected chi connectivity index (χ0v) is 13.4. The maximum absolute atomic E-state index is 6.04. The molecule has 21 heavy (non-hydrogen) atoms. The van der Waals surface area contributed by atoms with Crippen molar-refractivity contribution in [3.05, 3.63) is 40.7 Å². The summed E-state index contributed by atoms with van der Waals surface area (Å²) in [6, 6.07) is 5.59. The number of halogens is 1. The molecule has 0 saturated carbocycles. The van der Waals surface area contributed by atoms with Gasteiger partial charge < -0.3 is 10.1 Å². The van der Waals surface area contributed by atoms with Crippen molar-refractivity contribution in [3.63, 3.8) is 0 Å². The fraction of sp³-hybridized carbons (Fsp3) is 0.375. The number of nitrogens with zero attached hydrogens (tertiary/aromatic N) is 2. The molecule has 4 nitrogen and oxygen atoms in total. The van der Waals surface area contributed by atoms with Crippen molar-refractivity contribution in [3.8, 4) is 11.6 Å². The molecule has 0 aliphatic carbocycles. The van der Waals surface area contributed by atoms with Crippen LogP contribution in [0.2, 0.25) is 5.02 Å². The lowest BCUT2D eigenvalue weighted by Gasteiger charge is -2.14. The lowest BCUT2D eigenvalue weighted by atomic mass is 10.1. The lowest BCUT2D eigenvalue weighted by molar-refractivity contribution is 0.451. The molecule has 0 atom stereocenters. The van der Waals surface area contributed by atoms with Crippen molar-refractivity contribution >= 4 is 17.4 Å². The van der Waals surface area contributed by atoms with E-state index in [1.54, 1.807) is 0 Å². The molecule has 0 unspecified atom stereocenters. The van der Waals surface area contributed by atoms with Gasteiger partial charge in [0.1, 0.15) is 17.9 Å². The van der Waals surface area contributed by atoms with Gasteiger partial charge in [-0.3, -0.25) is 0 Å². The van der Waals surface area contributed by atoms with Crippen LogP contribution in [0, 0.1) is 6.92 Å². The summed E-state index contributed by atoms with van der Waals surface area (Å²) >= 11 is 6.04. The molecule has 0 spiro atoms. The molecule has 2 rings (SSSR count). The molecule has 0 amide bonds. The van der Waals surface area contributed by atoms with Gasteiger partial charge in [0.25, 0.3) is 0 Å². The van der Waals surface area contributed by atoms with Crippen LogP contribution in [0.1, 0.15) is 31.4 Å². The van der Waals surface area contributed by atoms with Gasteiger partial charge in [-0.15, -0.1) is 0 Å². The van der Waals surface area contributed by atoms with E-state index >= 15 is 0 Å². The van der Waals surface area contributed by atoms with Gasteiger partial charge >= 0.3 is 0 Å². The van der Waals surface area contributed by atoms with E-state index in [9.17, 15) is 0 Å². The zero-order valence-electron chi connectivity index (χ0n) is 12.6. The molecule has 0 aliphatic heterocycles. The first-order valence-corrected chi connectivity index (χ1v) is 7.55. The summed E-state index contributed by atoms with van der Waals surface area (Å²) in [6.45, 7) is 6.96. The van der Waals surface area contributed by atoms with Gasteiger partial charge in [-0.05, 0) is 38.0 Å². The van der Waals surface area contributed by atoms with Crippen LogP contribution in [0.4, 0.5) is 5.82 Å².